The summed E-state index contributed by atoms with van der Waals surface area (Å²) < 4.78 is 52.3. The smallest absolute Gasteiger partial charge is 0.306 e. The number of piperazine rings is 1. The molecule has 0 amide bonds. The van der Waals surface area contributed by atoms with E-state index < -0.39 is 37.2 Å². The third-order valence-corrected chi connectivity index (χ3v) is 4.81. The van der Waals surface area contributed by atoms with Crippen LogP contribution in [0.15, 0.2) is 17.0 Å². The monoisotopic (exact) mass is 307 g/mol. The van der Waals surface area contributed by atoms with E-state index >= 15 is 0 Å². The molecule has 0 aliphatic carbocycles. The van der Waals surface area contributed by atoms with Crippen LogP contribution in [0.5, 0.6) is 0 Å². The van der Waals surface area contributed by atoms with Crippen molar-refractivity contribution in [3.05, 3.63) is 33.9 Å². The molecule has 0 bridgehead atoms. The van der Waals surface area contributed by atoms with Gasteiger partial charge in [-0.05, 0) is 0 Å². The number of nitrogens with one attached hydrogen (secondary N) is 1. The molecular weight excluding hydrogens is 296 g/mol. The predicted octanol–water partition coefficient (Wildman–Crippen LogP) is 0.467. The Balaban J connectivity index is 2.50. The molecule has 20 heavy (non-hydrogen) atoms. The summed E-state index contributed by atoms with van der Waals surface area (Å²) in [7, 11) is -4.22. The van der Waals surface area contributed by atoms with E-state index in [-0.39, 0.29) is 19.2 Å². The SMILES string of the molecule is O=[N+]([O-])c1cc(S(=O)(=O)N2CCNCC2)c(F)cc1F. The first-order chi connectivity index (χ1) is 9.34. The summed E-state index contributed by atoms with van der Waals surface area (Å²) >= 11 is 0. The molecule has 1 fully saturated rings. The molecule has 1 aliphatic rings. The van der Waals surface area contributed by atoms with Crippen LogP contribution in [0.3, 0.4) is 0 Å². The van der Waals surface area contributed by atoms with Gasteiger partial charge in [0.15, 0.2) is 0 Å². The molecule has 1 aliphatic heterocycles. The van der Waals surface area contributed by atoms with Crippen molar-refractivity contribution in [2.75, 3.05) is 26.2 Å². The predicted molar refractivity (Wildman–Crippen MR) is 64.6 cm³/mol. The first-order valence-corrected chi connectivity index (χ1v) is 7.12. The zero-order valence-corrected chi connectivity index (χ0v) is 11.0. The van der Waals surface area contributed by atoms with Crippen LogP contribution in [-0.2, 0) is 10.0 Å². The van der Waals surface area contributed by atoms with E-state index in [1.54, 1.807) is 0 Å². The van der Waals surface area contributed by atoms with Crippen LogP contribution in [0.2, 0.25) is 0 Å². The van der Waals surface area contributed by atoms with Gasteiger partial charge in [-0.2, -0.15) is 8.70 Å². The van der Waals surface area contributed by atoms with Crippen molar-refractivity contribution < 1.29 is 22.1 Å². The molecule has 0 saturated carbocycles. The summed E-state index contributed by atoms with van der Waals surface area (Å²) in [6.45, 7) is 1.02. The van der Waals surface area contributed by atoms with Crippen LogP contribution in [0, 0.1) is 21.7 Å². The lowest BCUT2D eigenvalue weighted by Crippen LogP contribution is -2.46. The molecule has 2 rings (SSSR count). The van der Waals surface area contributed by atoms with Gasteiger partial charge in [0.1, 0.15) is 10.7 Å². The largest absolute Gasteiger partial charge is 0.314 e. The van der Waals surface area contributed by atoms with Gasteiger partial charge in [-0.25, -0.2) is 12.8 Å². The van der Waals surface area contributed by atoms with E-state index in [0.717, 1.165) is 4.31 Å². The highest BCUT2D eigenvalue weighted by Crippen LogP contribution is 2.27. The lowest BCUT2D eigenvalue weighted by molar-refractivity contribution is -0.387. The number of nitro benzene ring substituents is 1. The van der Waals surface area contributed by atoms with Crippen molar-refractivity contribution in [1.82, 2.24) is 9.62 Å². The Labute approximate surface area is 113 Å². The fourth-order valence-electron chi connectivity index (χ4n) is 1.88. The first-order valence-electron chi connectivity index (χ1n) is 5.68. The summed E-state index contributed by atoms with van der Waals surface area (Å²) in [4.78, 5) is 8.64. The Morgan fingerprint density at radius 3 is 2.35 bits per heavy atom. The molecule has 0 atom stereocenters. The fourth-order valence-corrected chi connectivity index (χ4v) is 3.39. The summed E-state index contributed by atoms with van der Waals surface area (Å²) in [5.41, 5.74) is -1.07. The maximum absolute atomic E-state index is 13.7. The quantitative estimate of drug-likeness (QED) is 0.647. The minimum atomic E-state index is -4.22. The van der Waals surface area contributed by atoms with Gasteiger partial charge >= 0.3 is 5.69 Å². The first kappa shape index (κ1) is 14.8. The molecule has 0 spiro atoms. The van der Waals surface area contributed by atoms with Crippen molar-refractivity contribution in [1.29, 1.82) is 0 Å². The maximum Gasteiger partial charge on any atom is 0.306 e. The van der Waals surface area contributed by atoms with Gasteiger partial charge < -0.3 is 5.32 Å². The van der Waals surface area contributed by atoms with Crippen molar-refractivity contribution in [3.63, 3.8) is 0 Å². The second-order valence-corrected chi connectivity index (χ2v) is 6.05. The van der Waals surface area contributed by atoms with Crippen LogP contribution in [0.4, 0.5) is 14.5 Å². The Bertz CT molecular complexity index is 644. The summed E-state index contributed by atoms with van der Waals surface area (Å²) in [5, 5.41) is 13.5. The lowest BCUT2D eigenvalue weighted by Gasteiger charge is -2.26. The topological polar surface area (TPSA) is 92.5 Å². The van der Waals surface area contributed by atoms with E-state index in [0.29, 0.717) is 19.2 Å². The third kappa shape index (κ3) is 2.62. The number of sulfonamides is 1. The van der Waals surface area contributed by atoms with Crippen molar-refractivity contribution in [3.8, 4) is 0 Å². The Morgan fingerprint density at radius 2 is 1.80 bits per heavy atom. The Hall–Kier alpha value is -1.65. The molecule has 1 N–H and O–H groups in total. The van der Waals surface area contributed by atoms with Gasteiger partial charge in [0.05, 0.1) is 4.92 Å². The molecule has 1 aromatic carbocycles. The van der Waals surface area contributed by atoms with Gasteiger partial charge in [0.2, 0.25) is 15.8 Å². The highest BCUT2D eigenvalue weighted by atomic mass is 32.2. The number of nitro groups is 1. The minimum absolute atomic E-state index is 0.118. The van der Waals surface area contributed by atoms with Gasteiger partial charge in [-0.3, -0.25) is 10.1 Å². The molecule has 1 aromatic rings. The van der Waals surface area contributed by atoms with Gasteiger partial charge in [-0.15, -0.1) is 0 Å². The van der Waals surface area contributed by atoms with Crippen molar-refractivity contribution in [2.45, 2.75) is 4.90 Å². The van der Waals surface area contributed by atoms with Gasteiger partial charge in [0.25, 0.3) is 0 Å². The highest BCUT2D eigenvalue weighted by molar-refractivity contribution is 7.89. The second kappa shape index (κ2) is 5.38. The van der Waals surface area contributed by atoms with Crippen LogP contribution < -0.4 is 5.32 Å². The minimum Gasteiger partial charge on any atom is -0.314 e. The van der Waals surface area contributed by atoms with Crippen LogP contribution in [-0.4, -0.2) is 43.8 Å². The van der Waals surface area contributed by atoms with Crippen LogP contribution >= 0.6 is 0 Å². The normalized spacial score (nSPS) is 17.1. The molecule has 0 aromatic heterocycles. The average Bonchev–Trinajstić information content (AvgIpc) is 2.39. The standard InChI is InChI=1S/C10H11F2N3O4S/c11-7-5-8(12)10(6-9(7)15(16)17)20(18,19)14-3-1-13-2-4-14/h5-6,13H,1-4H2. The number of benzene rings is 1. The molecule has 10 heteroatoms. The Kier molecular flexibility index (Phi) is 3.97. The highest BCUT2D eigenvalue weighted by Gasteiger charge is 2.31. The molecule has 110 valence electrons. The molecule has 0 unspecified atom stereocenters. The van der Waals surface area contributed by atoms with Crippen molar-refractivity contribution >= 4 is 15.7 Å². The number of hydrogen-bond donors (Lipinski definition) is 1. The van der Waals surface area contributed by atoms with E-state index in [4.69, 9.17) is 0 Å². The number of hydrogen-bond acceptors (Lipinski definition) is 5. The van der Waals surface area contributed by atoms with E-state index in [9.17, 15) is 27.3 Å². The van der Waals surface area contributed by atoms with Gasteiger partial charge in [0, 0.05) is 38.3 Å². The number of halogens is 2. The van der Waals surface area contributed by atoms with E-state index in [1.165, 1.54) is 0 Å². The molecule has 0 radical (unpaired) electrons. The number of nitrogens with zero attached hydrogens (tertiary/aromatic N) is 2. The molecule has 1 heterocycles. The second-order valence-electron chi connectivity index (χ2n) is 4.15. The molecule has 1 saturated heterocycles. The zero-order chi connectivity index (χ0) is 14.9. The fraction of sp³-hybridized carbons (Fsp3) is 0.400. The number of rotatable bonds is 3. The molecular formula is C10H11F2N3O4S. The van der Waals surface area contributed by atoms with E-state index in [2.05, 4.69) is 5.32 Å². The third-order valence-electron chi connectivity index (χ3n) is 2.89. The maximum atomic E-state index is 13.7. The van der Waals surface area contributed by atoms with E-state index in [1.807, 2.05) is 0 Å². The summed E-state index contributed by atoms with van der Waals surface area (Å²) in [5.74, 6) is -2.75. The van der Waals surface area contributed by atoms with Crippen molar-refractivity contribution in [2.24, 2.45) is 0 Å². The molecule has 7 nitrogen and oxygen atoms in total. The van der Waals surface area contributed by atoms with Gasteiger partial charge in [-0.1, -0.05) is 0 Å². The average molecular weight is 307 g/mol. The summed E-state index contributed by atoms with van der Waals surface area (Å²) in [6.07, 6.45) is 0. The zero-order valence-electron chi connectivity index (χ0n) is 10.2. The lowest BCUT2D eigenvalue weighted by atomic mass is 10.3. The summed E-state index contributed by atoms with van der Waals surface area (Å²) in [6, 6.07) is 0.634. The Morgan fingerprint density at radius 1 is 1.20 bits per heavy atom. The van der Waals surface area contributed by atoms with Crippen LogP contribution in [0.25, 0.3) is 0 Å². The van der Waals surface area contributed by atoms with Crippen LogP contribution in [0.1, 0.15) is 0 Å².